The lowest BCUT2D eigenvalue weighted by Crippen LogP contribution is -2.30. The van der Waals surface area contributed by atoms with Crippen molar-refractivity contribution in [3.63, 3.8) is 0 Å². The maximum atomic E-state index is 13.6. The number of pyridine rings is 1. The van der Waals surface area contributed by atoms with Crippen molar-refractivity contribution < 1.29 is 14.4 Å². The zero-order valence-electron chi connectivity index (χ0n) is 23.5. The van der Waals surface area contributed by atoms with E-state index in [4.69, 9.17) is 0 Å². The predicted molar refractivity (Wildman–Crippen MR) is 174 cm³/mol. The Labute approximate surface area is 254 Å². The summed E-state index contributed by atoms with van der Waals surface area (Å²) >= 11 is 1.40. The van der Waals surface area contributed by atoms with Gasteiger partial charge in [0.15, 0.2) is 0 Å². The molecular weight excluding hydrogens is 556 g/mol. The van der Waals surface area contributed by atoms with E-state index in [1.54, 1.807) is 54.7 Å². The lowest BCUT2D eigenvalue weighted by atomic mass is 10.0. The number of anilines is 2. The Morgan fingerprint density at radius 2 is 1.56 bits per heavy atom. The minimum Gasteiger partial charge on any atom is -0.321 e. The molecule has 0 fully saturated rings. The Kier molecular flexibility index (Phi) is 9.61. The SMILES string of the molecule is CCC(Sc1cccc(NC(=O)/C(=C\c2cccc3ccccc23)NC(=O)c2ccccc2)c1)C(=O)Nc1ccccn1. The first-order valence-electron chi connectivity index (χ1n) is 13.9. The van der Waals surface area contributed by atoms with Crippen molar-refractivity contribution >= 4 is 57.8 Å². The topological polar surface area (TPSA) is 100 Å². The van der Waals surface area contributed by atoms with E-state index >= 15 is 0 Å². The Balaban J connectivity index is 1.37. The van der Waals surface area contributed by atoms with Crippen LogP contribution in [0.4, 0.5) is 11.5 Å². The van der Waals surface area contributed by atoms with Crippen LogP contribution in [-0.4, -0.2) is 28.0 Å². The molecule has 0 aliphatic heterocycles. The van der Waals surface area contributed by atoms with Crippen molar-refractivity contribution in [3.05, 3.63) is 138 Å². The molecule has 5 aromatic rings. The zero-order chi connectivity index (χ0) is 30.0. The number of carbonyl (C=O) groups is 3. The van der Waals surface area contributed by atoms with Gasteiger partial charge < -0.3 is 16.0 Å². The number of amides is 3. The van der Waals surface area contributed by atoms with Crippen molar-refractivity contribution in [1.29, 1.82) is 0 Å². The van der Waals surface area contributed by atoms with Gasteiger partial charge in [0.05, 0.1) is 5.25 Å². The fourth-order valence-electron chi connectivity index (χ4n) is 4.45. The smallest absolute Gasteiger partial charge is 0.272 e. The molecule has 4 aromatic carbocycles. The lowest BCUT2D eigenvalue weighted by molar-refractivity contribution is -0.116. The number of rotatable bonds is 10. The number of hydrogen-bond acceptors (Lipinski definition) is 5. The number of aromatic nitrogens is 1. The second kappa shape index (κ2) is 14.1. The van der Waals surface area contributed by atoms with Crippen LogP contribution in [0.3, 0.4) is 0 Å². The minimum absolute atomic E-state index is 0.101. The molecule has 1 aromatic heterocycles. The standard InChI is InChI=1S/C35H30N4O3S/c1-2-31(35(42)39-32-20-8-9-21-36-32)43-28-18-11-17-27(23-28)37-34(41)30(38-33(40)25-13-4-3-5-14-25)22-26-16-10-15-24-12-6-7-19-29(24)26/h3-23,31H,2H2,1H3,(H,37,41)(H,38,40)(H,36,39,42)/b30-22+. The van der Waals surface area contributed by atoms with Gasteiger partial charge in [-0.2, -0.15) is 0 Å². The van der Waals surface area contributed by atoms with Crippen molar-refractivity contribution in [2.24, 2.45) is 0 Å². The molecule has 0 radical (unpaired) electrons. The van der Waals surface area contributed by atoms with E-state index in [1.807, 2.05) is 79.7 Å². The predicted octanol–water partition coefficient (Wildman–Crippen LogP) is 7.15. The molecule has 3 N–H and O–H groups in total. The maximum Gasteiger partial charge on any atom is 0.272 e. The number of nitrogens with zero attached hydrogens (tertiary/aromatic N) is 1. The molecule has 8 heteroatoms. The van der Waals surface area contributed by atoms with Crippen molar-refractivity contribution in [1.82, 2.24) is 10.3 Å². The van der Waals surface area contributed by atoms with Crippen LogP contribution in [0, 0.1) is 0 Å². The molecule has 1 heterocycles. The van der Waals surface area contributed by atoms with Crippen LogP contribution in [0.25, 0.3) is 16.8 Å². The molecule has 5 rings (SSSR count). The molecule has 1 unspecified atom stereocenters. The fourth-order valence-corrected chi connectivity index (χ4v) is 5.46. The summed E-state index contributed by atoms with van der Waals surface area (Å²) < 4.78 is 0. The Morgan fingerprint density at radius 3 is 2.35 bits per heavy atom. The van der Waals surface area contributed by atoms with Crippen LogP contribution in [0.15, 0.2) is 132 Å². The van der Waals surface area contributed by atoms with E-state index in [2.05, 4.69) is 20.9 Å². The van der Waals surface area contributed by atoms with Gasteiger partial charge in [0.25, 0.3) is 11.8 Å². The van der Waals surface area contributed by atoms with E-state index in [0.29, 0.717) is 23.5 Å². The normalized spacial score (nSPS) is 11.9. The summed E-state index contributed by atoms with van der Waals surface area (Å²) in [4.78, 5) is 44.6. The molecule has 0 spiro atoms. The molecule has 43 heavy (non-hydrogen) atoms. The third-order valence-electron chi connectivity index (χ3n) is 6.60. The quantitative estimate of drug-likeness (QED) is 0.119. The summed E-state index contributed by atoms with van der Waals surface area (Å²) in [6.45, 7) is 1.95. The summed E-state index contributed by atoms with van der Waals surface area (Å²) in [5.74, 6) is -0.518. The summed E-state index contributed by atoms with van der Waals surface area (Å²) in [6.07, 6.45) is 3.91. The average molecular weight is 587 g/mol. The summed E-state index contributed by atoms with van der Waals surface area (Å²) in [5.41, 5.74) is 1.87. The van der Waals surface area contributed by atoms with E-state index in [9.17, 15) is 14.4 Å². The number of nitrogens with one attached hydrogen (secondary N) is 3. The zero-order valence-corrected chi connectivity index (χ0v) is 24.3. The van der Waals surface area contributed by atoms with Crippen LogP contribution >= 0.6 is 11.8 Å². The number of benzene rings is 4. The van der Waals surface area contributed by atoms with Crippen molar-refractivity contribution in [3.8, 4) is 0 Å². The highest BCUT2D eigenvalue weighted by Crippen LogP contribution is 2.29. The molecule has 3 amide bonds. The van der Waals surface area contributed by atoms with E-state index in [1.165, 1.54) is 11.8 Å². The number of fused-ring (bicyclic) bond motifs is 1. The van der Waals surface area contributed by atoms with Gasteiger partial charge in [-0.3, -0.25) is 14.4 Å². The highest BCUT2D eigenvalue weighted by molar-refractivity contribution is 8.00. The molecule has 214 valence electrons. The van der Waals surface area contributed by atoms with Crippen molar-refractivity contribution in [2.45, 2.75) is 23.5 Å². The molecule has 7 nitrogen and oxygen atoms in total. The number of carbonyl (C=O) groups excluding carboxylic acids is 3. The summed E-state index contributed by atoms with van der Waals surface area (Å²) in [6, 6.07) is 35.1. The summed E-state index contributed by atoms with van der Waals surface area (Å²) in [7, 11) is 0. The Bertz CT molecular complexity index is 1770. The van der Waals surface area contributed by atoms with Crippen LogP contribution in [0.1, 0.15) is 29.3 Å². The van der Waals surface area contributed by atoms with Gasteiger partial charge in [-0.25, -0.2) is 4.98 Å². The highest BCUT2D eigenvalue weighted by atomic mass is 32.2. The number of thioether (sulfide) groups is 1. The third kappa shape index (κ3) is 7.75. The summed E-state index contributed by atoms with van der Waals surface area (Å²) in [5, 5.41) is 10.2. The van der Waals surface area contributed by atoms with Crippen LogP contribution in [0.5, 0.6) is 0 Å². The van der Waals surface area contributed by atoms with E-state index in [0.717, 1.165) is 21.2 Å². The first-order valence-corrected chi connectivity index (χ1v) is 14.7. The molecule has 1 atom stereocenters. The minimum atomic E-state index is -0.473. The molecule has 0 aliphatic carbocycles. The van der Waals surface area contributed by atoms with Gasteiger partial charge in [0, 0.05) is 22.3 Å². The second-order valence-electron chi connectivity index (χ2n) is 9.65. The molecule has 0 saturated heterocycles. The van der Waals surface area contributed by atoms with Gasteiger partial charge in [-0.1, -0.05) is 79.7 Å². The van der Waals surface area contributed by atoms with Gasteiger partial charge in [-0.15, -0.1) is 11.8 Å². The van der Waals surface area contributed by atoms with Crippen LogP contribution in [-0.2, 0) is 9.59 Å². The van der Waals surface area contributed by atoms with Gasteiger partial charge in [0.2, 0.25) is 5.91 Å². The Hall–Kier alpha value is -5.21. The van der Waals surface area contributed by atoms with Gasteiger partial charge >= 0.3 is 0 Å². The fraction of sp³-hybridized carbons (Fsp3) is 0.0857. The highest BCUT2D eigenvalue weighted by Gasteiger charge is 2.20. The lowest BCUT2D eigenvalue weighted by Gasteiger charge is -2.16. The largest absolute Gasteiger partial charge is 0.321 e. The average Bonchev–Trinajstić information content (AvgIpc) is 3.04. The second-order valence-corrected chi connectivity index (χ2v) is 10.9. The monoisotopic (exact) mass is 586 g/mol. The Morgan fingerprint density at radius 1 is 0.814 bits per heavy atom. The van der Waals surface area contributed by atoms with E-state index < -0.39 is 11.8 Å². The first-order chi connectivity index (χ1) is 21.0. The molecule has 0 aliphatic rings. The third-order valence-corrected chi connectivity index (χ3v) is 7.96. The van der Waals surface area contributed by atoms with Crippen LogP contribution < -0.4 is 16.0 Å². The maximum absolute atomic E-state index is 13.6. The van der Waals surface area contributed by atoms with Crippen molar-refractivity contribution in [2.75, 3.05) is 10.6 Å². The van der Waals surface area contributed by atoms with E-state index in [-0.39, 0.29) is 16.9 Å². The number of hydrogen-bond donors (Lipinski definition) is 3. The molecule has 0 bridgehead atoms. The molecule has 0 saturated carbocycles. The van der Waals surface area contributed by atoms with Crippen LogP contribution in [0.2, 0.25) is 0 Å². The van der Waals surface area contributed by atoms with Gasteiger partial charge in [0.1, 0.15) is 11.5 Å². The molecular formula is C35H30N4O3S. The first kappa shape index (κ1) is 29.3. The van der Waals surface area contributed by atoms with Gasteiger partial charge in [-0.05, 0) is 71.3 Å².